The molecule has 1 aliphatic rings. The minimum Gasteiger partial charge on any atom is -0.345 e. The van der Waals surface area contributed by atoms with E-state index in [1.807, 2.05) is 18.7 Å². The summed E-state index contributed by atoms with van der Waals surface area (Å²) < 4.78 is 11.0. The van der Waals surface area contributed by atoms with E-state index in [1.54, 1.807) is 0 Å². The zero-order valence-corrected chi connectivity index (χ0v) is 12.4. The molecule has 5 nitrogen and oxygen atoms in total. The van der Waals surface area contributed by atoms with Gasteiger partial charge < -0.3 is 9.47 Å². The van der Waals surface area contributed by atoms with Crippen LogP contribution in [0.15, 0.2) is 0 Å². The Bertz CT molecular complexity index is 564. The first-order valence-corrected chi connectivity index (χ1v) is 6.82. The Balaban J connectivity index is 2.19. The molecule has 0 aliphatic carbocycles. The maximum atomic E-state index is 5.48. The highest BCUT2D eigenvalue weighted by molar-refractivity contribution is 5.20. The topological polar surface area (TPSA) is 47.5 Å². The van der Waals surface area contributed by atoms with Gasteiger partial charge in [-0.25, -0.2) is 4.98 Å². The van der Waals surface area contributed by atoms with Crippen LogP contribution in [0.4, 0.5) is 0 Å². The van der Waals surface area contributed by atoms with Gasteiger partial charge >= 0.3 is 0 Å². The average Bonchev–Trinajstić information content (AvgIpc) is 2.97. The predicted molar refractivity (Wildman–Crippen MR) is 79.1 cm³/mol. The van der Waals surface area contributed by atoms with Crippen LogP contribution in [0.2, 0.25) is 0 Å². The number of aromatic nitrogens is 2. The highest BCUT2D eigenvalue weighted by atomic mass is 16.7. The molecule has 0 aromatic carbocycles. The van der Waals surface area contributed by atoms with E-state index in [1.165, 1.54) is 0 Å². The second-order valence-electron chi connectivity index (χ2n) is 4.85. The number of hydrogen-bond donors (Lipinski definition) is 0. The molecule has 1 aromatic heterocycles. The van der Waals surface area contributed by atoms with Gasteiger partial charge in [0.1, 0.15) is 5.69 Å². The molecule has 2 heterocycles. The van der Waals surface area contributed by atoms with Crippen LogP contribution < -0.4 is 0 Å². The van der Waals surface area contributed by atoms with Gasteiger partial charge in [0.25, 0.3) is 0 Å². The Labute approximate surface area is 125 Å². The van der Waals surface area contributed by atoms with Crippen molar-refractivity contribution in [2.24, 2.45) is 0 Å². The molecule has 0 bridgehead atoms. The van der Waals surface area contributed by atoms with E-state index < -0.39 is 6.29 Å². The lowest BCUT2D eigenvalue weighted by atomic mass is 10.2. The molecular weight excluding hydrogens is 266 g/mol. The van der Waals surface area contributed by atoms with Crippen LogP contribution in [0.1, 0.15) is 29.1 Å². The van der Waals surface area contributed by atoms with E-state index >= 15 is 0 Å². The molecule has 1 fully saturated rings. The zero-order chi connectivity index (χ0) is 15.2. The van der Waals surface area contributed by atoms with Crippen LogP contribution in [-0.2, 0) is 16.0 Å². The molecule has 0 N–H and O–H groups in total. The van der Waals surface area contributed by atoms with Gasteiger partial charge in [-0.05, 0) is 13.8 Å². The third-order valence-corrected chi connectivity index (χ3v) is 3.23. The van der Waals surface area contributed by atoms with Gasteiger partial charge in [-0.2, -0.15) is 0 Å². The van der Waals surface area contributed by atoms with Gasteiger partial charge in [0, 0.05) is 6.54 Å². The highest BCUT2D eigenvalue weighted by Crippen LogP contribution is 2.24. The van der Waals surface area contributed by atoms with E-state index in [4.69, 9.17) is 22.3 Å². The Morgan fingerprint density at radius 2 is 1.71 bits per heavy atom. The van der Waals surface area contributed by atoms with Crippen molar-refractivity contribution in [3.05, 3.63) is 22.8 Å². The largest absolute Gasteiger partial charge is 0.345 e. The summed E-state index contributed by atoms with van der Waals surface area (Å²) in [6, 6.07) is 0. The summed E-state index contributed by atoms with van der Waals surface area (Å²) in [5, 5.41) is 0. The van der Waals surface area contributed by atoms with Crippen molar-refractivity contribution in [1.82, 2.24) is 14.9 Å². The Kier molecular flexibility index (Phi) is 5.30. The SMILES string of the molecule is C#CCN(CC#C)Cc1nc(C)c(C2OCCO2)nc1C. The second kappa shape index (κ2) is 7.19. The van der Waals surface area contributed by atoms with Gasteiger partial charge in [-0.3, -0.25) is 9.88 Å². The molecule has 1 aromatic rings. The summed E-state index contributed by atoms with van der Waals surface area (Å²) >= 11 is 0. The first kappa shape index (κ1) is 15.5. The molecule has 2 rings (SSSR count). The van der Waals surface area contributed by atoms with Crippen molar-refractivity contribution >= 4 is 0 Å². The lowest BCUT2D eigenvalue weighted by molar-refractivity contribution is -0.0482. The minimum absolute atomic E-state index is 0.405. The Hall–Kier alpha value is -1.92. The summed E-state index contributed by atoms with van der Waals surface area (Å²) in [6.45, 7) is 6.56. The van der Waals surface area contributed by atoms with Crippen molar-refractivity contribution in [2.75, 3.05) is 26.3 Å². The molecule has 1 aliphatic heterocycles. The predicted octanol–water partition coefficient (Wildman–Crippen LogP) is 1.21. The van der Waals surface area contributed by atoms with E-state index in [0.29, 0.717) is 32.8 Å². The average molecular weight is 285 g/mol. The third kappa shape index (κ3) is 3.80. The van der Waals surface area contributed by atoms with Gasteiger partial charge in [0.05, 0.1) is 43.4 Å². The summed E-state index contributed by atoms with van der Waals surface area (Å²) in [5.41, 5.74) is 3.27. The summed E-state index contributed by atoms with van der Waals surface area (Å²) in [5.74, 6) is 5.21. The van der Waals surface area contributed by atoms with Crippen LogP contribution >= 0.6 is 0 Å². The van der Waals surface area contributed by atoms with E-state index in [-0.39, 0.29) is 0 Å². The molecular formula is C16H19N3O2. The summed E-state index contributed by atoms with van der Waals surface area (Å²) in [4.78, 5) is 11.2. The third-order valence-electron chi connectivity index (χ3n) is 3.23. The number of ether oxygens (including phenoxy) is 2. The van der Waals surface area contributed by atoms with Gasteiger partial charge in [-0.1, -0.05) is 11.8 Å². The number of nitrogens with zero attached hydrogens (tertiary/aromatic N) is 3. The van der Waals surface area contributed by atoms with Crippen molar-refractivity contribution in [3.63, 3.8) is 0 Å². The number of aryl methyl sites for hydroxylation is 2. The van der Waals surface area contributed by atoms with E-state index in [2.05, 4.69) is 21.8 Å². The molecule has 5 heteroatoms. The normalized spacial score (nSPS) is 15.1. The standard InChI is InChI=1S/C16H19N3O2/c1-5-7-19(8-6-2)11-14-12(3)18-15(13(4)17-14)16-20-9-10-21-16/h1-2,16H,7-11H2,3-4H3. The van der Waals surface area contributed by atoms with Crippen LogP contribution in [0.5, 0.6) is 0 Å². The van der Waals surface area contributed by atoms with Gasteiger partial charge in [0.2, 0.25) is 6.29 Å². The van der Waals surface area contributed by atoms with Crippen molar-refractivity contribution in [2.45, 2.75) is 26.7 Å². The van der Waals surface area contributed by atoms with Crippen LogP contribution in [0.25, 0.3) is 0 Å². The van der Waals surface area contributed by atoms with Crippen LogP contribution in [0.3, 0.4) is 0 Å². The maximum Gasteiger partial charge on any atom is 0.203 e. The summed E-state index contributed by atoms with van der Waals surface area (Å²) in [6.07, 6.45) is 10.3. The lowest BCUT2D eigenvalue weighted by Crippen LogP contribution is -2.25. The lowest BCUT2D eigenvalue weighted by Gasteiger charge is -2.19. The number of terminal acetylenes is 2. The second-order valence-corrected chi connectivity index (χ2v) is 4.85. The van der Waals surface area contributed by atoms with Gasteiger partial charge in [-0.15, -0.1) is 12.8 Å². The molecule has 21 heavy (non-hydrogen) atoms. The van der Waals surface area contributed by atoms with E-state index in [9.17, 15) is 0 Å². The van der Waals surface area contributed by atoms with Gasteiger partial charge in [0.15, 0.2) is 0 Å². The highest BCUT2D eigenvalue weighted by Gasteiger charge is 2.23. The maximum absolute atomic E-state index is 5.48. The zero-order valence-electron chi connectivity index (χ0n) is 12.4. The number of hydrogen-bond acceptors (Lipinski definition) is 5. The first-order valence-electron chi connectivity index (χ1n) is 6.82. The quantitative estimate of drug-likeness (QED) is 0.761. The molecule has 0 saturated carbocycles. The smallest absolute Gasteiger partial charge is 0.203 e. The van der Waals surface area contributed by atoms with Crippen molar-refractivity contribution < 1.29 is 9.47 Å². The van der Waals surface area contributed by atoms with Crippen molar-refractivity contribution in [3.8, 4) is 24.7 Å². The Morgan fingerprint density at radius 1 is 1.10 bits per heavy atom. The van der Waals surface area contributed by atoms with Crippen LogP contribution in [-0.4, -0.2) is 41.2 Å². The van der Waals surface area contributed by atoms with Crippen molar-refractivity contribution in [1.29, 1.82) is 0 Å². The fourth-order valence-electron chi connectivity index (χ4n) is 2.19. The van der Waals surface area contributed by atoms with Crippen LogP contribution in [0, 0.1) is 38.5 Å². The Morgan fingerprint density at radius 3 is 2.29 bits per heavy atom. The first-order chi connectivity index (χ1) is 10.2. The summed E-state index contributed by atoms with van der Waals surface area (Å²) in [7, 11) is 0. The minimum atomic E-state index is -0.405. The fraction of sp³-hybridized carbons (Fsp3) is 0.500. The van der Waals surface area contributed by atoms with E-state index in [0.717, 1.165) is 22.8 Å². The molecule has 0 radical (unpaired) electrons. The number of rotatable bonds is 5. The monoisotopic (exact) mass is 285 g/mol. The molecule has 0 amide bonds. The molecule has 0 atom stereocenters. The molecule has 0 spiro atoms. The molecule has 0 unspecified atom stereocenters. The fourth-order valence-corrected chi connectivity index (χ4v) is 2.19. The molecule has 1 saturated heterocycles. The molecule has 110 valence electrons.